The maximum absolute atomic E-state index is 5.42. The molecular formula is C36H33N3S. The Morgan fingerprint density at radius 1 is 0.750 bits per heavy atom. The van der Waals surface area contributed by atoms with E-state index in [0.29, 0.717) is 0 Å². The molecule has 4 aromatic rings. The smallest absolute Gasteiger partial charge is 0.102 e. The van der Waals surface area contributed by atoms with Gasteiger partial charge in [-0.25, -0.2) is 9.98 Å². The summed E-state index contributed by atoms with van der Waals surface area (Å²) in [5, 5.41) is 6.85. The van der Waals surface area contributed by atoms with Gasteiger partial charge >= 0.3 is 0 Å². The van der Waals surface area contributed by atoms with E-state index in [1.54, 1.807) is 11.8 Å². The van der Waals surface area contributed by atoms with Gasteiger partial charge in [0.05, 0.1) is 22.4 Å². The maximum atomic E-state index is 5.42. The van der Waals surface area contributed by atoms with Gasteiger partial charge in [0.25, 0.3) is 0 Å². The molecule has 0 unspecified atom stereocenters. The summed E-state index contributed by atoms with van der Waals surface area (Å²) in [6, 6.07) is 24.5. The average Bonchev–Trinajstić information content (AvgIpc) is 3.30. The van der Waals surface area contributed by atoms with Crippen LogP contribution in [0.25, 0.3) is 33.6 Å². The highest BCUT2D eigenvalue weighted by atomic mass is 32.2. The third-order valence-electron chi connectivity index (χ3n) is 7.92. The molecule has 0 saturated heterocycles. The van der Waals surface area contributed by atoms with Crippen LogP contribution in [0.5, 0.6) is 0 Å². The van der Waals surface area contributed by atoms with Crippen LogP contribution >= 0.6 is 11.8 Å². The molecule has 1 aromatic heterocycles. The van der Waals surface area contributed by atoms with E-state index in [2.05, 4.69) is 132 Å². The first kappa shape index (κ1) is 25.1. The normalized spacial score (nSPS) is 15.1. The van der Waals surface area contributed by atoms with Gasteiger partial charge in [-0.2, -0.15) is 0 Å². The zero-order valence-corrected chi connectivity index (χ0v) is 24.7. The number of allylic oxidation sites excluding steroid dienone is 2. The SMILES string of the molecule is CC(C)(C)c1cc2c3c(c1)-c1cc(C(C)(C)C)cc(c1=N3)=C1C=CC=C(N1)c1cccc(n1)Sc1cccc-2c1. The number of hydrogen-bond acceptors (Lipinski definition) is 4. The van der Waals surface area contributed by atoms with Gasteiger partial charge in [-0.1, -0.05) is 77.6 Å². The second-order valence-corrected chi connectivity index (χ2v) is 14.0. The lowest BCUT2D eigenvalue weighted by Crippen LogP contribution is -2.34. The van der Waals surface area contributed by atoms with E-state index in [9.17, 15) is 0 Å². The molecule has 7 rings (SSSR count). The van der Waals surface area contributed by atoms with Crippen molar-refractivity contribution in [1.82, 2.24) is 10.3 Å². The summed E-state index contributed by atoms with van der Waals surface area (Å²) in [6.45, 7) is 13.7. The Morgan fingerprint density at radius 2 is 1.48 bits per heavy atom. The van der Waals surface area contributed by atoms with Gasteiger partial charge in [0, 0.05) is 32.5 Å². The van der Waals surface area contributed by atoms with E-state index < -0.39 is 0 Å². The van der Waals surface area contributed by atoms with E-state index in [1.807, 2.05) is 0 Å². The molecule has 8 bridgehead atoms. The van der Waals surface area contributed by atoms with Crippen molar-refractivity contribution in [3.05, 3.63) is 112 Å². The van der Waals surface area contributed by atoms with E-state index in [4.69, 9.17) is 9.98 Å². The molecule has 3 aromatic carbocycles. The predicted molar refractivity (Wildman–Crippen MR) is 167 cm³/mol. The minimum Gasteiger partial charge on any atom is -0.353 e. The average molecular weight is 540 g/mol. The van der Waals surface area contributed by atoms with E-state index in [-0.39, 0.29) is 10.8 Å². The Kier molecular flexibility index (Phi) is 5.53. The van der Waals surface area contributed by atoms with Crippen molar-refractivity contribution in [3.8, 4) is 22.3 Å². The molecule has 0 spiro atoms. The molecule has 0 aliphatic carbocycles. The van der Waals surface area contributed by atoms with Crippen molar-refractivity contribution >= 4 is 28.8 Å². The van der Waals surface area contributed by atoms with Crippen molar-refractivity contribution < 1.29 is 0 Å². The Morgan fingerprint density at radius 3 is 2.27 bits per heavy atom. The summed E-state index contributed by atoms with van der Waals surface area (Å²) in [7, 11) is 0. The molecule has 4 heterocycles. The molecule has 0 radical (unpaired) electrons. The molecule has 0 saturated carbocycles. The van der Waals surface area contributed by atoms with Crippen LogP contribution in [0, 0.1) is 0 Å². The summed E-state index contributed by atoms with van der Waals surface area (Å²) in [6.07, 6.45) is 6.38. The van der Waals surface area contributed by atoms with Gasteiger partial charge in [0.2, 0.25) is 0 Å². The first-order valence-corrected chi connectivity index (χ1v) is 14.7. The van der Waals surface area contributed by atoms with Crippen molar-refractivity contribution in [2.24, 2.45) is 4.99 Å². The molecule has 0 atom stereocenters. The Labute approximate surface area is 240 Å². The van der Waals surface area contributed by atoms with Gasteiger partial charge in [0.15, 0.2) is 0 Å². The Bertz CT molecular complexity index is 1910. The zero-order chi connectivity index (χ0) is 27.8. The number of fused-ring (bicyclic) bond motifs is 9. The number of nitrogens with one attached hydrogen (secondary N) is 1. The minimum absolute atomic E-state index is 0.00331. The predicted octanol–water partition coefficient (Wildman–Crippen LogP) is 8.05. The largest absolute Gasteiger partial charge is 0.353 e. The number of rotatable bonds is 0. The van der Waals surface area contributed by atoms with Crippen LogP contribution in [0.15, 0.2) is 99.9 Å². The summed E-state index contributed by atoms with van der Waals surface area (Å²) in [4.78, 5) is 11.6. The summed E-state index contributed by atoms with van der Waals surface area (Å²) >= 11 is 1.70. The number of hydrogen-bond donors (Lipinski definition) is 1. The fraction of sp³-hybridized carbons (Fsp3) is 0.222. The van der Waals surface area contributed by atoms with Gasteiger partial charge in [-0.3, -0.25) is 0 Å². The molecule has 0 fully saturated rings. The fourth-order valence-electron chi connectivity index (χ4n) is 5.57. The van der Waals surface area contributed by atoms with Crippen LogP contribution in [0.1, 0.15) is 58.4 Å². The molecule has 198 valence electrons. The third-order valence-corrected chi connectivity index (χ3v) is 8.84. The van der Waals surface area contributed by atoms with Crippen LogP contribution in [-0.2, 0) is 10.8 Å². The van der Waals surface area contributed by atoms with Crippen molar-refractivity contribution in [3.63, 3.8) is 0 Å². The fourth-order valence-corrected chi connectivity index (χ4v) is 6.43. The zero-order valence-electron chi connectivity index (χ0n) is 23.9. The molecule has 3 aliphatic rings. The minimum atomic E-state index is -0.0170. The number of pyridine rings is 1. The molecule has 40 heavy (non-hydrogen) atoms. The lowest BCUT2D eigenvalue weighted by Gasteiger charge is -2.23. The van der Waals surface area contributed by atoms with Crippen LogP contribution in [-0.4, -0.2) is 4.98 Å². The van der Waals surface area contributed by atoms with E-state index >= 15 is 0 Å². The number of aromatic nitrogens is 1. The highest BCUT2D eigenvalue weighted by Gasteiger charge is 2.27. The van der Waals surface area contributed by atoms with E-state index in [1.165, 1.54) is 33.4 Å². The first-order chi connectivity index (χ1) is 19.0. The Hall–Kier alpha value is -3.89. The molecule has 4 heteroatoms. The second-order valence-electron chi connectivity index (χ2n) is 12.9. The molecule has 0 amide bonds. The van der Waals surface area contributed by atoms with Gasteiger partial charge in [0.1, 0.15) is 5.03 Å². The molecule has 3 nitrogen and oxygen atoms in total. The third kappa shape index (κ3) is 4.22. The number of benzene rings is 3. The molecule has 3 aliphatic heterocycles. The molecule has 1 N–H and O–H groups in total. The van der Waals surface area contributed by atoms with E-state index in [0.717, 1.165) is 43.3 Å². The monoisotopic (exact) mass is 539 g/mol. The molecular weight excluding hydrogens is 506 g/mol. The highest BCUT2D eigenvalue weighted by Crippen LogP contribution is 2.45. The van der Waals surface area contributed by atoms with Gasteiger partial charge in [-0.15, -0.1) is 0 Å². The lowest BCUT2D eigenvalue weighted by molar-refractivity contribution is 0.589. The van der Waals surface area contributed by atoms with Crippen molar-refractivity contribution in [1.29, 1.82) is 0 Å². The quantitative estimate of drug-likeness (QED) is 0.216. The number of dihydropyridines is 1. The summed E-state index contributed by atoms with van der Waals surface area (Å²) in [5.74, 6) is 0. The highest BCUT2D eigenvalue weighted by molar-refractivity contribution is 7.99. The van der Waals surface area contributed by atoms with Gasteiger partial charge < -0.3 is 5.32 Å². The topological polar surface area (TPSA) is 37.3 Å². The second kappa shape index (κ2) is 8.81. The summed E-state index contributed by atoms with van der Waals surface area (Å²) in [5.41, 5.74) is 11.4. The van der Waals surface area contributed by atoms with Gasteiger partial charge in [-0.05, 0) is 88.2 Å². The van der Waals surface area contributed by atoms with Crippen LogP contribution in [0.4, 0.5) is 5.69 Å². The van der Waals surface area contributed by atoms with Crippen LogP contribution in [0.3, 0.4) is 0 Å². The maximum Gasteiger partial charge on any atom is 0.102 e. The van der Waals surface area contributed by atoms with Crippen molar-refractivity contribution in [2.45, 2.75) is 62.3 Å². The van der Waals surface area contributed by atoms with Crippen LogP contribution < -0.4 is 15.9 Å². The van der Waals surface area contributed by atoms with Crippen molar-refractivity contribution in [2.75, 3.05) is 0 Å². The standard InChI is InChI=1S/C36H33N3S/c1-35(2,3)22-17-25-21-10-7-11-24(16-21)40-32-15-9-14-31(38-32)30-13-8-12-29(37-30)28-20-23(36(4,5)6)19-27-26(18-22)33(25)39-34(27)28/h7-20,37H,1-6H3. The number of nitrogens with zero attached hydrogens (tertiary/aromatic N) is 2. The lowest BCUT2D eigenvalue weighted by atomic mass is 9.81. The summed E-state index contributed by atoms with van der Waals surface area (Å²) < 4.78 is 0. The Balaban J connectivity index is 1.63. The first-order valence-electron chi connectivity index (χ1n) is 13.9. The van der Waals surface area contributed by atoms with Crippen LogP contribution in [0.2, 0.25) is 0 Å².